The van der Waals surface area contributed by atoms with Crippen LogP contribution in [0.3, 0.4) is 0 Å². The number of carbonyl (C=O) groups excluding carboxylic acids is 1. The molecule has 0 bridgehead atoms. The number of rotatable bonds is 4. The topological polar surface area (TPSA) is 70.6 Å². The van der Waals surface area contributed by atoms with Gasteiger partial charge in [0, 0.05) is 39.6 Å². The summed E-state index contributed by atoms with van der Waals surface area (Å²) >= 11 is 0. The lowest BCUT2D eigenvalue weighted by Crippen LogP contribution is -2.47. The van der Waals surface area contributed by atoms with E-state index in [-0.39, 0.29) is 11.2 Å². The highest BCUT2D eigenvalue weighted by Crippen LogP contribution is 2.37. The first-order valence-corrected chi connectivity index (χ1v) is 10.2. The highest BCUT2D eigenvalue weighted by Gasteiger charge is 2.35. The summed E-state index contributed by atoms with van der Waals surface area (Å²) in [6, 6.07) is 8.11. The fraction of sp³-hybridized carbons (Fsp3) is 0.500. The number of ketones is 1. The average molecular weight is 396 g/mol. The predicted octanol–water partition coefficient (Wildman–Crippen LogP) is 3.01. The zero-order valence-electron chi connectivity index (χ0n) is 17.7. The van der Waals surface area contributed by atoms with E-state index < -0.39 is 0 Å². The largest absolute Gasteiger partial charge is 0.495 e. The van der Waals surface area contributed by atoms with Gasteiger partial charge in [0.05, 0.1) is 24.1 Å². The van der Waals surface area contributed by atoms with Crippen molar-refractivity contribution in [3.8, 4) is 5.75 Å². The summed E-state index contributed by atoms with van der Waals surface area (Å²) in [7, 11) is 3.52. The van der Waals surface area contributed by atoms with E-state index in [0.29, 0.717) is 23.8 Å². The number of nitrogens with one attached hydrogen (secondary N) is 1. The number of Topliss-reactive ketones (excluding diaryl/α,β-unsaturated/α-hetero) is 1. The zero-order valence-corrected chi connectivity index (χ0v) is 17.7. The Hall–Kier alpha value is -2.83. The highest BCUT2D eigenvalue weighted by molar-refractivity contribution is 6.03. The van der Waals surface area contributed by atoms with Crippen LogP contribution in [-0.2, 0) is 6.42 Å². The Morgan fingerprint density at radius 3 is 2.41 bits per heavy atom. The number of methoxy groups -OCH3 is 1. The van der Waals surface area contributed by atoms with Crippen molar-refractivity contribution in [2.24, 2.45) is 5.41 Å². The molecule has 0 unspecified atom stereocenters. The second-order valence-corrected chi connectivity index (χ2v) is 8.53. The minimum Gasteiger partial charge on any atom is -0.495 e. The molecule has 0 radical (unpaired) electrons. The van der Waals surface area contributed by atoms with E-state index in [2.05, 4.69) is 35.0 Å². The minimum absolute atomic E-state index is 0.0662. The Balaban J connectivity index is 1.57. The van der Waals surface area contributed by atoms with Crippen molar-refractivity contribution in [1.82, 2.24) is 9.97 Å². The van der Waals surface area contributed by atoms with Crippen LogP contribution in [-0.4, -0.2) is 56.1 Å². The first kappa shape index (κ1) is 19.5. The fourth-order valence-corrected chi connectivity index (χ4v) is 4.31. The summed E-state index contributed by atoms with van der Waals surface area (Å²) in [6.07, 6.45) is 1.33. The van der Waals surface area contributed by atoms with Crippen molar-refractivity contribution in [1.29, 1.82) is 0 Å². The number of carbonyl (C=O) groups is 1. The minimum atomic E-state index is -0.0662. The second-order valence-electron chi connectivity index (χ2n) is 8.53. The summed E-state index contributed by atoms with van der Waals surface area (Å²) in [5, 5.41) is 3.12. The summed E-state index contributed by atoms with van der Waals surface area (Å²) in [5.74, 6) is 2.38. The van der Waals surface area contributed by atoms with Gasteiger partial charge in [-0.25, -0.2) is 4.98 Å². The molecule has 4 rings (SSSR count). The molecule has 0 saturated carbocycles. The van der Waals surface area contributed by atoms with Crippen molar-refractivity contribution in [3.63, 3.8) is 0 Å². The third-order valence-electron chi connectivity index (χ3n) is 5.76. The molecule has 0 spiro atoms. The second kappa shape index (κ2) is 7.54. The van der Waals surface area contributed by atoms with Gasteiger partial charge in [-0.1, -0.05) is 26.0 Å². The van der Waals surface area contributed by atoms with Crippen molar-refractivity contribution in [2.45, 2.75) is 26.7 Å². The van der Waals surface area contributed by atoms with Gasteiger partial charge in [0.2, 0.25) is 5.95 Å². The standard InChI is InChI=1S/C22H29N5O2/c1-22(2)13-15-19(17(28)14-22)20(23-3)25-21(24-15)27-11-9-26(10-12-27)16-7-5-6-8-18(16)29-4/h5-8H,9-14H2,1-4H3,(H,23,24,25). The molecule has 0 atom stereocenters. The van der Waals surface area contributed by atoms with E-state index in [1.807, 2.05) is 25.2 Å². The molecule has 2 heterocycles. The van der Waals surface area contributed by atoms with Gasteiger partial charge in [-0.05, 0) is 24.0 Å². The van der Waals surface area contributed by atoms with Crippen LogP contribution in [0.1, 0.15) is 36.3 Å². The van der Waals surface area contributed by atoms with E-state index in [4.69, 9.17) is 14.7 Å². The number of ether oxygens (including phenoxy) is 1. The zero-order chi connectivity index (χ0) is 20.6. The number of hydrogen-bond acceptors (Lipinski definition) is 7. The van der Waals surface area contributed by atoms with Crippen LogP contribution in [0.15, 0.2) is 24.3 Å². The third-order valence-corrected chi connectivity index (χ3v) is 5.76. The quantitative estimate of drug-likeness (QED) is 0.853. The molecule has 1 aliphatic heterocycles. The number of piperazine rings is 1. The predicted molar refractivity (Wildman–Crippen MR) is 115 cm³/mol. The van der Waals surface area contributed by atoms with E-state index >= 15 is 0 Å². The number of fused-ring (bicyclic) bond motifs is 1. The normalized spacial score (nSPS) is 18.4. The maximum atomic E-state index is 12.7. The van der Waals surface area contributed by atoms with Gasteiger partial charge in [-0.3, -0.25) is 4.79 Å². The van der Waals surface area contributed by atoms with Crippen molar-refractivity contribution in [3.05, 3.63) is 35.5 Å². The van der Waals surface area contributed by atoms with Crippen LogP contribution in [0.4, 0.5) is 17.5 Å². The number of hydrogen-bond donors (Lipinski definition) is 1. The summed E-state index contributed by atoms with van der Waals surface area (Å²) in [6.45, 7) is 7.61. The summed E-state index contributed by atoms with van der Waals surface area (Å²) < 4.78 is 5.51. The molecular weight excluding hydrogens is 366 g/mol. The molecule has 1 N–H and O–H groups in total. The molecule has 7 heteroatoms. The van der Waals surface area contributed by atoms with E-state index in [9.17, 15) is 4.79 Å². The number of para-hydroxylation sites is 2. The molecule has 7 nitrogen and oxygen atoms in total. The van der Waals surface area contributed by atoms with Gasteiger partial charge in [-0.2, -0.15) is 4.98 Å². The Morgan fingerprint density at radius 2 is 1.72 bits per heavy atom. The molecule has 2 aromatic rings. The van der Waals surface area contributed by atoms with Crippen molar-refractivity contribution < 1.29 is 9.53 Å². The van der Waals surface area contributed by atoms with Crippen LogP contribution >= 0.6 is 0 Å². The maximum Gasteiger partial charge on any atom is 0.227 e. The van der Waals surface area contributed by atoms with Crippen LogP contribution in [0.2, 0.25) is 0 Å². The van der Waals surface area contributed by atoms with E-state index in [0.717, 1.165) is 49.7 Å². The molecule has 2 aliphatic rings. The first-order chi connectivity index (χ1) is 13.9. The number of aromatic nitrogens is 2. The smallest absolute Gasteiger partial charge is 0.227 e. The lowest BCUT2D eigenvalue weighted by molar-refractivity contribution is 0.0911. The molecule has 1 aromatic heterocycles. The first-order valence-electron chi connectivity index (χ1n) is 10.2. The van der Waals surface area contributed by atoms with Gasteiger partial charge in [-0.15, -0.1) is 0 Å². The van der Waals surface area contributed by atoms with Gasteiger partial charge < -0.3 is 19.9 Å². The van der Waals surface area contributed by atoms with Gasteiger partial charge in [0.25, 0.3) is 0 Å². The molecular formula is C22H29N5O2. The number of nitrogens with zero attached hydrogens (tertiary/aromatic N) is 4. The number of anilines is 3. The molecule has 29 heavy (non-hydrogen) atoms. The lowest BCUT2D eigenvalue weighted by Gasteiger charge is -2.37. The number of benzene rings is 1. The Labute approximate surface area is 172 Å². The van der Waals surface area contributed by atoms with Crippen LogP contribution < -0.4 is 19.9 Å². The van der Waals surface area contributed by atoms with Crippen molar-refractivity contribution >= 4 is 23.2 Å². The summed E-state index contributed by atoms with van der Waals surface area (Å²) in [4.78, 5) is 26.7. The van der Waals surface area contributed by atoms with Crippen molar-refractivity contribution in [2.75, 3.05) is 55.5 Å². The van der Waals surface area contributed by atoms with E-state index in [1.165, 1.54) is 0 Å². The van der Waals surface area contributed by atoms with E-state index in [1.54, 1.807) is 7.11 Å². The molecule has 1 saturated heterocycles. The SMILES string of the molecule is CNc1nc(N2CCN(c3ccccc3OC)CC2)nc2c1C(=O)CC(C)(C)C2. The fourth-order valence-electron chi connectivity index (χ4n) is 4.31. The molecule has 1 aliphatic carbocycles. The molecule has 1 fully saturated rings. The Bertz CT molecular complexity index is 919. The molecule has 0 amide bonds. The summed E-state index contributed by atoms with van der Waals surface area (Å²) in [5.41, 5.74) is 2.59. The average Bonchev–Trinajstić information content (AvgIpc) is 2.72. The van der Waals surface area contributed by atoms with Gasteiger partial charge in [0.15, 0.2) is 5.78 Å². The van der Waals surface area contributed by atoms with Gasteiger partial charge in [0.1, 0.15) is 11.6 Å². The Kier molecular flexibility index (Phi) is 5.06. The van der Waals surface area contributed by atoms with Gasteiger partial charge >= 0.3 is 0 Å². The highest BCUT2D eigenvalue weighted by atomic mass is 16.5. The molecule has 154 valence electrons. The Morgan fingerprint density at radius 1 is 1.03 bits per heavy atom. The van der Waals surface area contributed by atoms with Crippen LogP contribution in [0.5, 0.6) is 5.75 Å². The maximum absolute atomic E-state index is 12.7. The monoisotopic (exact) mass is 395 g/mol. The molecule has 1 aromatic carbocycles. The van der Waals surface area contributed by atoms with Crippen LogP contribution in [0.25, 0.3) is 0 Å². The lowest BCUT2D eigenvalue weighted by atomic mass is 9.76. The third kappa shape index (κ3) is 3.73. The van der Waals surface area contributed by atoms with Crippen LogP contribution in [0, 0.1) is 5.41 Å².